The second-order valence-electron chi connectivity index (χ2n) is 14.5. The van der Waals surface area contributed by atoms with Gasteiger partial charge >= 0.3 is 5.97 Å². The highest BCUT2D eigenvalue weighted by Crippen LogP contribution is 2.84. The first-order valence-corrected chi connectivity index (χ1v) is 16.2. The fourth-order valence-electron chi connectivity index (χ4n) is 11.0. The van der Waals surface area contributed by atoms with Gasteiger partial charge in [-0.15, -0.1) is 0 Å². The summed E-state index contributed by atoms with van der Waals surface area (Å²) < 4.78 is 7.20. The molecule has 1 saturated heterocycles. The van der Waals surface area contributed by atoms with Gasteiger partial charge in [0.05, 0.1) is 24.2 Å². The van der Waals surface area contributed by atoms with Crippen molar-refractivity contribution in [3.63, 3.8) is 0 Å². The number of carboxylic acids is 1. The van der Waals surface area contributed by atoms with E-state index in [2.05, 4.69) is 55.7 Å². The molecule has 1 aromatic heterocycles. The Morgan fingerprint density at radius 2 is 2.00 bits per heavy atom. The van der Waals surface area contributed by atoms with Gasteiger partial charge in [-0.3, -0.25) is 9.69 Å². The number of ether oxygens (including phenoxy) is 1. The van der Waals surface area contributed by atoms with E-state index in [-0.39, 0.29) is 30.0 Å². The maximum Gasteiger partial charge on any atom is 0.315 e. The van der Waals surface area contributed by atoms with Crippen molar-refractivity contribution in [3.8, 4) is 0 Å². The average Bonchev–Trinajstić information content (AvgIpc) is 3.65. The van der Waals surface area contributed by atoms with Gasteiger partial charge in [0, 0.05) is 24.4 Å². The van der Waals surface area contributed by atoms with E-state index in [1.807, 2.05) is 6.07 Å². The number of carbonyl (C=O) groups is 2. The molecule has 7 unspecified atom stereocenters. The highest BCUT2D eigenvalue weighted by Gasteiger charge is 2.86. The Hall–Kier alpha value is -2.12. The number of fused-ring (bicyclic) bond motifs is 2. The van der Waals surface area contributed by atoms with Crippen LogP contribution in [0.4, 0.5) is 0 Å². The molecule has 41 heavy (non-hydrogen) atoms. The molecular weight excluding hydrogens is 514 g/mol. The zero-order chi connectivity index (χ0) is 29.2. The fraction of sp³-hybridized carbons (Fsp3) is 0.765. The van der Waals surface area contributed by atoms with E-state index in [1.54, 1.807) is 12.4 Å². The molecular formula is C34H49N3O4. The predicted molar refractivity (Wildman–Crippen MR) is 157 cm³/mol. The third kappa shape index (κ3) is 3.90. The Kier molecular flexibility index (Phi) is 7.46. The van der Waals surface area contributed by atoms with Gasteiger partial charge in [0.2, 0.25) is 0 Å². The SMILES string of the molecule is CCCCC1CC(C23C[C@@H]4[C@H](C)CC[C@H]4C4(C=O)CC2C=C(C(C)C)C34C(=O)O)OC1CN(C)Cc1ncccn1. The Bertz CT molecular complexity index is 1190. The Morgan fingerprint density at radius 1 is 1.24 bits per heavy atom. The van der Waals surface area contributed by atoms with Crippen LogP contribution in [0.1, 0.15) is 84.9 Å². The van der Waals surface area contributed by atoms with Crippen molar-refractivity contribution in [2.24, 2.45) is 51.8 Å². The molecule has 1 N–H and O–H groups in total. The van der Waals surface area contributed by atoms with Crippen molar-refractivity contribution >= 4 is 12.3 Å². The van der Waals surface area contributed by atoms with Gasteiger partial charge in [-0.2, -0.15) is 0 Å². The molecule has 7 nitrogen and oxygen atoms in total. The molecule has 10 atom stereocenters. The lowest BCUT2D eigenvalue weighted by atomic mass is 9.41. The van der Waals surface area contributed by atoms with E-state index in [1.165, 1.54) is 0 Å². The summed E-state index contributed by atoms with van der Waals surface area (Å²) in [4.78, 5) is 38.5. The van der Waals surface area contributed by atoms with Crippen molar-refractivity contribution in [2.45, 2.75) is 97.8 Å². The highest BCUT2D eigenvalue weighted by atomic mass is 16.5. The summed E-state index contributed by atoms with van der Waals surface area (Å²) in [7, 11) is 2.10. The van der Waals surface area contributed by atoms with Crippen LogP contribution in [-0.4, -0.2) is 58.0 Å². The quantitative estimate of drug-likeness (QED) is 0.269. The summed E-state index contributed by atoms with van der Waals surface area (Å²) >= 11 is 0. The minimum Gasteiger partial charge on any atom is -0.481 e. The number of allylic oxidation sites excluding steroid dienone is 1. The molecule has 0 spiro atoms. The molecule has 1 aliphatic heterocycles. The summed E-state index contributed by atoms with van der Waals surface area (Å²) in [6.07, 6.45) is 14.7. The number of aldehydes is 1. The van der Waals surface area contributed by atoms with E-state index in [0.29, 0.717) is 30.7 Å². The summed E-state index contributed by atoms with van der Waals surface area (Å²) in [6, 6.07) is 1.83. The van der Waals surface area contributed by atoms with Crippen molar-refractivity contribution in [2.75, 3.05) is 13.6 Å². The number of rotatable bonds is 11. The van der Waals surface area contributed by atoms with Gasteiger partial charge in [0.15, 0.2) is 0 Å². The lowest BCUT2D eigenvalue weighted by Gasteiger charge is -2.60. The monoisotopic (exact) mass is 563 g/mol. The standard InChI is InChI=1S/C34H49N3O4/c1-6-7-9-23-14-29(41-28(23)18-37(5)19-30-35-12-8-13-36-30)33-17-25-22(4)10-11-26(25)32(20-38)16-24(33)15-27(21(2)3)34(32,33)31(39)40/h8,12-13,15,20-26,28-29H,6-7,9-11,14,16-19H2,1-5H3,(H,39,40)/t22-,23?,24?,25-,26-,28?,29?,32?,33?,34?/m1/s1. The fourth-order valence-corrected chi connectivity index (χ4v) is 11.0. The second kappa shape index (κ2) is 10.6. The van der Waals surface area contributed by atoms with Crippen molar-refractivity contribution < 1.29 is 19.4 Å². The minimum absolute atomic E-state index is 0.0207. The van der Waals surface area contributed by atoms with Crippen LogP contribution in [0.15, 0.2) is 30.1 Å². The number of hydrogen-bond acceptors (Lipinski definition) is 6. The van der Waals surface area contributed by atoms with E-state index in [0.717, 1.165) is 69.2 Å². The van der Waals surface area contributed by atoms with Crippen LogP contribution < -0.4 is 0 Å². The number of unbranched alkanes of at least 4 members (excludes halogenated alkanes) is 1. The average molecular weight is 564 g/mol. The van der Waals surface area contributed by atoms with Crippen molar-refractivity contribution in [1.29, 1.82) is 0 Å². The van der Waals surface area contributed by atoms with Crippen LogP contribution in [0.25, 0.3) is 0 Å². The van der Waals surface area contributed by atoms with Crippen LogP contribution in [0, 0.1) is 51.8 Å². The van der Waals surface area contributed by atoms with Gasteiger partial charge in [0.1, 0.15) is 17.5 Å². The zero-order valence-electron chi connectivity index (χ0n) is 25.6. The smallest absolute Gasteiger partial charge is 0.315 e. The van der Waals surface area contributed by atoms with Gasteiger partial charge in [-0.25, -0.2) is 9.97 Å². The normalized spacial score (nSPS) is 42.6. The van der Waals surface area contributed by atoms with Gasteiger partial charge < -0.3 is 14.6 Å². The van der Waals surface area contributed by atoms with Crippen molar-refractivity contribution in [3.05, 3.63) is 35.9 Å². The molecule has 3 saturated carbocycles. The first-order chi connectivity index (χ1) is 19.7. The number of aliphatic carboxylic acids is 1. The summed E-state index contributed by atoms with van der Waals surface area (Å²) in [5.74, 6) is 1.57. The molecule has 1 aromatic rings. The van der Waals surface area contributed by atoms with Gasteiger partial charge in [-0.1, -0.05) is 58.6 Å². The third-order valence-corrected chi connectivity index (χ3v) is 12.4. The van der Waals surface area contributed by atoms with Crippen LogP contribution >= 0.6 is 0 Å². The van der Waals surface area contributed by atoms with E-state index in [9.17, 15) is 14.7 Å². The molecule has 4 fully saturated rings. The molecule has 0 radical (unpaired) electrons. The van der Waals surface area contributed by atoms with Crippen LogP contribution in [-0.2, 0) is 20.9 Å². The molecule has 5 aliphatic rings. The number of carbonyl (C=O) groups excluding carboxylic acids is 1. The lowest BCUT2D eigenvalue weighted by Crippen LogP contribution is -2.65. The number of nitrogens with zero attached hydrogens (tertiary/aromatic N) is 3. The first-order valence-electron chi connectivity index (χ1n) is 16.2. The topological polar surface area (TPSA) is 92.6 Å². The molecule has 224 valence electrons. The molecule has 4 bridgehead atoms. The number of carboxylic acid groups (broad SMARTS) is 1. The Balaban J connectivity index is 1.40. The second-order valence-corrected chi connectivity index (χ2v) is 14.5. The maximum absolute atomic E-state index is 13.9. The molecule has 2 heterocycles. The number of likely N-dealkylation sites (N-methyl/N-ethyl adjacent to an activating group) is 1. The first kappa shape index (κ1) is 29.0. The number of aromatic nitrogens is 2. The molecule has 0 aromatic carbocycles. The van der Waals surface area contributed by atoms with E-state index < -0.39 is 22.2 Å². The maximum atomic E-state index is 13.9. The summed E-state index contributed by atoms with van der Waals surface area (Å²) in [5.41, 5.74) is -1.58. The van der Waals surface area contributed by atoms with Gasteiger partial charge in [-0.05, 0) is 80.7 Å². The molecule has 0 amide bonds. The molecule has 4 aliphatic carbocycles. The highest BCUT2D eigenvalue weighted by molar-refractivity contribution is 5.90. The van der Waals surface area contributed by atoms with E-state index in [4.69, 9.17) is 4.74 Å². The number of hydrogen-bond donors (Lipinski definition) is 1. The van der Waals surface area contributed by atoms with Crippen molar-refractivity contribution in [1.82, 2.24) is 14.9 Å². The predicted octanol–water partition coefficient (Wildman–Crippen LogP) is 5.80. The lowest BCUT2D eigenvalue weighted by molar-refractivity contribution is -0.197. The Morgan fingerprint density at radius 3 is 2.66 bits per heavy atom. The van der Waals surface area contributed by atoms with Crippen LogP contribution in [0.3, 0.4) is 0 Å². The summed E-state index contributed by atoms with van der Waals surface area (Å²) in [5, 5.41) is 11.4. The zero-order valence-corrected chi connectivity index (χ0v) is 25.6. The molecule has 7 heteroatoms. The summed E-state index contributed by atoms with van der Waals surface area (Å²) in [6.45, 7) is 10.2. The third-order valence-electron chi connectivity index (χ3n) is 12.4. The van der Waals surface area contributed by atoms with Crippen LogP contribution in [0.5, 0.6) is 0 Å². The largest absolute Gasteiger partial charge is 0.481 e. The van der Waals surface area contributed by atoms with Gasteiger partial charge in [0.25, 0.3) is 0 Å². The minimum atomic E-state index is -1.18. The van der Waals surface area contributed by atoms with Crippen LogP contribution in [0.2, 0.25) is 0 Å². The molecule has 6 rings (SSSR count). The Labute approximate surface area is 245 Å². The van der Waals surface area contributed by atoms with E-state index >= 15 is 0 Å².